The maximum Gasteiger partial charge on any atom is 0.352 e. The lowest BCUT2D eigenvalue weighted by atomic mass is 10.2. The first-order valence-corrected chi connectivity index (χ1v) is 7.98. The highest BCUT2D eigenvalue weighted by molar-refractivity contribution is 7.89. The summed E-state index contributed by atoms with van der Waals surface area (Å²) >= 11 is 0. The number of primary amides is 1. The molecular formula is C12H17N3O5S. The summed E-state index contributed by atoms with van der Waals surface area (Å²) in [4.78, 5) is 24.2. The second kappa shape index (κ2) is 5.86. The minimum atomic E-state index is -3.95. The summed E-state index contributed by atoms with van der Waals surface area (Å²) in [7, 11) is -3.95. The van der Waals surface area contributed by atoms with E-state index < -0.39 is 28.4 Å². The number of rotatable bonds is 6. The smallest absolute Gasteiger partial charge is 0.352 e. The highest BCUT2D eigenvalue weighted by Gasteiger charge is 2.35. The monoisotopic (exact) mass is 315 g/mol. The molecule has 1 amide bonds. The van der Waals surface area contributed by atoms with Crippen molar-refractivity contribution < 1.29 is 23.1 Å². The quantitative estimate of drug-likeness (QED) is 0.686. The third-order valence-electron chi connectivity index (χ3n) is 3.54. The molecule has 116 valence electrons. The second-order valence-corrected chi connectivity index (χ2v) is 6.90. The number of carboxylic acid groups (broad SMARTS) is 1. The van der Waals surface area contributed by atoms with E-state index in [1.165, 1.54) is 0 Å². The minimum Gasteiger partial charge on any atom is -0.477 e. The van der Waals surface area contributed by atoms with Crippen molar-refractivity contribution in [3.05, 3.63) is 18.0 Å². The molecule has 0 radical (unpaired) electrons. The van der Waals surface area contributed by atoms with Gasteiger partial charge >= 0.3 is 5.97 Å². The lowest BCUT2D eigenvalue weighted by Gasteiger charge is -2.26. The van der Waals surface area contributed by atoms with Gasteiger partial charge < -0.3 is 15.8 Å². The molecule has 0 aliphatic heterocycles. The summed E-state index contributed by atoms with van der Waals surface area (Å²) in [5.41, 5.74) is 4.92. The summed E-state index contributed by atoms with van der Waals surface area (Å²) in [6, 6.07) is 0.770. The van der Waals surface area contributed by atoms with E-state index in [1.807, 2.05) is 0 Å². The Kier molecular flexibility index (Phi) is 4.33. The van der Waals surface area contributed by atoms with Gasteiger partial charge in [0, 0.05) is 12.2 Å². The second-order valence-electron chi connectivity index (χ2n) is 5.01. The Morgan fingerprint density at radius 3 is 2.48 bits per heavy atom. The van der Waals surface area contributed by atoms with E-state index in [2.05, 4.69) is 4.98 Å². The van der Waals surface area contributed by atoms with Crippen molar-refractivity contribution in [1.82, 2.24) is 9.29 Å². The van der Waals surface area contributed by atoms with Gasteiger partial charge in [0.1, 0.15) is 10.6 Å². The van der Waals surface area contributed by atoms with Crippen LogP contribution in [0.4, 0.5) is 0 Å². The van der Waals surface area contributed by atoms with Gasteiger partial charge in [-0.2, -0.15) is 4.31 Å². The zero-order valence-electron chi connectivity index (χ0n) is 11.3. The molecule has 1 aromatic rings. The van der Waals surface area contributed by atoms with Gasteiger partial charge in [-0.3, -0.25) is 4.79 Å². The van der Waals surface area contributed by atoms with Crippen LogP contribution in [0.2, 0.25) is 0 Å². The van der Waals surface area contributed by atoms with Crippen molar-refractivity contribution >= 4 is 21.9 Å². The van der Waals surface area contributed by atoms with Crippen LogP contribution in [0.5, 0.6) is 0 Å². The first kappa shape index (κ1) is 15.5. The third kappa shape index (κ3) is 3.24. The number of H-pyrrole nitrogens is 1. The van der Waals surface area contributed by atoms with Crippen molar-refractivity contribution in [3.8, 4) is 0 Å². The largest absolute Gasteiger partial charge is 0.477 e. The molecule has 1 aliphatic carbocycles. The van der Waals surface area contributed by atoms with Crippen LogP contribution in [0.25, 0.3) is 0 Å². The molecule has 0 bridgehead atoms. The molecule has 0 saturated heterocycles. The molecule has 2 rings (SSSR count). The molecule has 0 atom stereocenters. The topological polar surface area (TPSA) is 134 Å². The summed E-state index contributed by atoms with van der Waals surface area (Å²) in [6.07, 6.45) is 4.24. The van der Waals surface area contributed by atoms with Gasteiger partial charge in [0.25, 0.3) is 0 Å². The predicted octanol–water partition coefficient (Wildman–Crippen LogP) is 0.131. The Bertz CT molecular complexity index is 646. The van der Waals surface area contributed by atoms with Gasteiger partial charge in [-0.05, 0) is 18.9 Å². The number of aromatic carboxylic acids is 1. The molecule has 21 heavy (non-hydrogen) atoms. The van der Waals surface area contributed by atoms with Gasteiger partial charge in [0.15, 0.2) is 0 Å². The lowest BCUT2D eigenvalue weighted by molar-refractivity contribution is -0.118. The number of hydrogen-bond donors (Lipinski definition) is 3. The van der Waals surface area contributed by atoms with Gasteiger partial charge in [0.05, 0.1) is 6.54 Å². The fourth-order valence-electron chi connectivity index (χ4n) is 2.54. The number of aromatic nitrogens is 1. The van der Waals surface area contributed by atoms with Crippen molar-refractivity contribution in [3.63, 3.8) is 0 Å². The van der Waals surface area contributed by atoms with E-state index in [0.29, 0.717) is 12.8 Å². The summed E-state index contributed by atoms with van der Waals surface area (Å²) in [5.74, 6) is -1.99. The van der Waals surface area contributed by atoms with E-state index in [0.717, 1.165) is 29.4 Å². The zero-order chi connectivity index (χ0) is 15.6. The molecule has 1 aliphatic rings. The van der Waals surface area contributed by atoms with E-state index >= 15 is 0 Å². The maximum absolute atomic E-state index is 12.6. The van der Waals surface area contributed by atoms with E-state index in [9.17, 15) is 18.0 Å². The summed E-state index contributed by atoms with van der Waals surface area (Å²) < 4.78 is 26.3. The number of carboxylic acids is 1. The van der Waals surface area contributed by atoms with E-state index in [1.54, 1.807) is 0 Å². The molecule has 1 saturated carbocycles. The molecule has 1 fully saturated rings. The Labute approximate surface area is 122 Å². The first-order valence-electron chi connectivity index (χ1n) is 6.54. The maximum atomic E-state index is 12.6. The molecule has 1 heterocycles. The van der Waals surface area contributed by atoms with E-state index in [-0.39, 0.29) is 16.6 Å². The highest BCUT2D eigenvalue weighted by atomic mass is 32.2. The SMILES string of the molecule is NC(=O)CN(C1CCCC1)S(=O)(=O)c1c[nH]c(C(=O)O)c1. The van der Waals surface area contributed by atoms with Crippen LogP contribution in [0.1, 0.15) is 36.2 Å². The fraction of sp³-hybridized carbons (Fsp3) is 0.500. The Morgan fingerprint density at radius 1 is 1.38 bits per heavy atom. The number of carbonyl (C=O) groups is 2. The highest BCUT2D eigenvalue weighted by Crippen LogP contribution is 2.28. The standard InChI is InChI=1S/C12H17N3O5S/c13-11(16)7-15(8-3-1-2-4-8)21(19,20)9-5-10(12(17)18)14-6-9/h5-6,8,14H,1-4,7H2,(H2,13,16)(H,17,18). The number of aromatic amines is 1. The Hall–Kier alpha value is -1.87. The molecule has 9 heteroatoms. The average molecular weight is 315 g/mol. The van der Waals surface area contributed by atoms with Crippen LogP contribution < -0.4 is 5.73 Å². The molecule has 0 aromatic carbocycles. The van der Waals surface area contributed by atoms with Crippen LogP contribution in [-0.4, -0.2) is 47.3 Å². The van der Waals surface area contributed by atoms with Crippen molar-refractivity contribution in [2.24, 2.45) is 5.73 Å². The average Bonchev–Trinajstić information content (AvgIpc) is 3.06. The lowest BCUT2D eigenvalue weighted by Crippen LogP contribution is -2.43. The number of amides is 1. The normalized spacial score (nSPS) is 16.4. The number of nitrogens with zero attached hydrogens (tertiary/aromatic N) is 1. The number of sulfonamides is 1. The molecule has 8 nitrogen and oxygen atoms in total. The number of nitrogens with two attached hydrogens (primary N) is 1. The fourth-order valence-corrected chi connectivity index (χ4v) is 4.18. The molecule has 0 unspecified atom stereocenters. The molecule has 0 spiro atoms. The Morgan fingerprint density at radius 2 is 2.00 bits per heavy atom. The van der Waals surface area contributed by atoms with Gasteiger partial charge in [-0.1, -0.05) is 12.8 Å². The van der Waals surface area contributed by atoms with Gasteiger partial charge in [0.2, 0.25) is 15.9 Å². The summed E-state index contributed by atoms with van der Waals surface area (Å²) in [6.45, 7) is -0.402. The van der Waals surface area contributed by atoms with Crippen LogP contribution in [0.3, 0.4) is 0 Å². The van der Waals surface area contributed by atoms with Crippen LogP contribution in [0.15, 0.2) is 17.2 Å². The summed E-state index contributed by atoms with van der Waals surface area (Å²) in [5, 5.41) is 8.85. The predicted molar refractivity (Wildman–Crippen MR) is 73.1 cm³/mol. The van der Waals surface area contributed by atoms with Gasteiger partial charge in [-0.15, -0.1) is 0 Å². The Balaban J connectivity index is 2.35. The van der Waals surface area contributed by atoms with E-state index in [4.69, 9.17) is 10.8 Å². The number of nitrogens with one attached hydrogen (secondary N) is 1. The van der Waals surface area contributed by atoms with Crippen molar-refractivity contribution in [1.29, 1.82) is 0 Å². The van der Waals surface area contributed by atoms with Crippen LogP contribution in [0, 0.1) is 0 Å². The number of hydrogen-bond acceptors (Lipinski definition) is 4. The first-order chi connectivity index (χ1) is 9.82. The van der Waals surface area contributed by atoms with Gasteiger partial charge in [-0.25, -0.2) is 13.2 Å². The molecule has 4 N–H and O–H groups in total. The van der Waals surface area contributed by atoms with Crippen molar-refractivity contribution in [2.45, 2.75) is 36.6 Å². The van der Waals surface area contributed by atoms with Crippen molar-refractivity contribution in [2.75, 3.05) is 6.54 Å². The minimum absolute atomic E-state index is 0.173. The third-order valence-corrected chi connectivity index (χ3v) is 5.41. The molecular weight excluding hydrogens is 298 g/mol. The van der Waals surface area contributed by atoms with Crippen LogP contribution in [-0.2, 0) is 14.8 Å². The zero-order valence-corrected chi connectivity index (χ0v) is 12.1. The van der Waals surface area contributed by atoms with Crippen LogP contribution >= 0.6 is 0 Å². The number of carbonyl (C=O) groups excluding carboxylic acids is 1. The molecule has 1 aromatic heterocycles.